The molecular formula is C44H54F3N7O6. The average Bonchev–Trinajstić information content (AvgIpc) is 3.88. The number of carbonyl (C=O) groups excluding carboxylic acids is 2. The van der Waals surface area contributed by atoms with Gasteiger partial charge in [-0.2, -0.15) is 9.97 Å². The number of phenols is 1. The molecule has 16 heteroatoms. The number of aldehydes is 1. The standard InChI is InChI=1S/C30H27F2N5O5.C7H12FN.C7H15NO/c1-5-20-23(31)9-6-16-10-19(38)11-21(24(16)20)26-25(32)27-22(12-33-26)28(35-29(34-27)41-4)36-13-17-7-8-18(14-36)37(17)30(39)42-15(2)40-3;8-6-4-7-2-1-3-9(7)5-6;1-6(2)7(5-9)8(3)4/h1,6,9-12,15,17-18,38H,7-8,13-14H2,2-4H3;6-7H,1-5H2;5-7H,1-4H3/t;6-,7?;7-/m.11/s1. The first-order valence-electron chi connectivity index (χ1n) is 20.3. The van der Waals surface area contributed by atoms with Crippen LogP contribution < -0.4 is 9.64 Å². The van der Waals surface area contributed by atoms with Crippen LogP contribution in [0.5, 0.6) is 11.8 Å². The summed E-state index contributed by atoms with van der Waals surface area (Å²) in [5.74, 6) is 1.52. The summed E-state index contributed by atoms with van der Waals surface area (Å²) in [5.41, 5.74) is -0.194. The maximum atomic E-state index is 16.4. The molecule has 2 aromatic carbocycles. The van der Waals surface area contributed by atoms with E-state index in [4.69, 9.17) is 20.6 Å². The Kier molecular flexibility index (Phi) is 14.0. The number of benzene rings is 2. The maximum Gasteiger partial charge on any atom is 0.412 e. The molecule has 60 heavy (non-hydrogen) atoms. The number of halogens is 3. The van der Waals surface area contributed by atoms with Gasteiger partial charge in [0.05, 0.1) is 36.2 Å². The molecule has 4 aliphatic rings. The Balaban J connectivity index is 0.000000275. The Morgan fingerprint density at radius 3 is 2.35 bits per heavy atom. The van der Waals surface area contributed by atoms with E-state index in [1.165, 1.54) is 57.5 Å². The van der Waals surface area contributed by atoms with Crippen LogP contribution in [0.4, 0.5) is 23.8 Å². The topological polar surface area (TPSA) is 134 Å². The summed E-state index contributed by atoms with van der Waals surface area (Å²) < 4.78 is 59.4. The average molecular weight is 834 g/mol. The molecule has 0 spiro atoms. The first-order chi connectivity index (χ1) is 28.7. The zero-order chi connectivity index (χ0) is 43.4. The van der Waals surface area contributed by atoms with Crippen molar-refractivity contribution in [3.63, 3.8) is 0 Å². The Labute approximate surface area is 348 Å². The molecule has 4 unspecified atom stereocenters. The van der Waals surface area contributed by atoms with Gasteiger partial charge in [0.25, 0.3) is 0 Å². The summed E-state index contributed by atoms with van der Waals surface area (Å²) >= 11 is 0. The van der Waals surface area contributed by atoms with Gasteiger partial charge >= 0.3 is 12.1 Å². The second kappa shape index (κ2) is 19.0. The van der Waals surface area contributed by atoms with Crippen LogP contribution in [0.2, 0.25) is 0 Å². The van der Waals surface area contributed by atoms with Gasteiger partial charge in [-0.05, 0) is 89.2 Å². The molecule has 6 atom stereocenters. The lowest BCUT2D eigenvalue weighted by Crippen LogP contribution is -2.56. The van der Waals surface area contributed by atoms with Gasteiger partial charge in [0, 0.05) is 49.9 Å². The normalized spacial score (nSPS) is 21.9. The van der Waals surface area contributed by atoms with Gasteiger partial charge in [-0.25, -0.2) is 18.0 Å². The number of carbonyl (C=O) groups is 2. The number of piperazine rings is 1. The molecule has 6 heterocycles. The summed E-state index contributed by atoms with van der Waals surface area (Å²) in [6.45, 7) is 8.43. The summed E-state index contributed by atoms with van der Waals surface area (Å²) in [7, 11) is 6.67. The highest BCUT2D eigenvalue weighted by Gasteiger charge is 2.45. The number of alkyl halides is 1. The minimum atomic E-state index is -0.813. The molecule has 8 rings (SSSR count). The number of methoxy groups -OCH3 is 2. The van der Waals surface area contributed by atoms with Crippen molar-refractivity contribution >= 4 is 39.9 Å². The fraction of sp³-hybridized carbons (Fsp3) is 0.523. The maximum absolute atomic E-state index is 16.4. The van der Waals surface area contributed by atoms with Gasteiger partial charge < -0.3 is 29.0 Å². The molecule has 4 fully saturated rings. The van der Waals surface area contributed by atoms with Crippen molar-refractivity contribution in [3.05, 3.63) is 47.7 Å². The third-order valence-corrected chi connectivity index (χ3v) is 11.7. The number of rotatable bonds is 8. The van der Waals surface area contributed by atoms with E-state index in [1.807, 2.05) is 37.7 Å². The van der Waals surface area contributed by atoms with Gasteiger partial charge in [0.1, 0.15) is 41.1 Å². The summed E-state index contributed by atoms with van der Waals surface area (Å²) in [6, 6.07) is 5.68. The molecule has 0 aliphatic carbocycles. The summed E-state index contributed by atoms with van der Waals surface area (Å²) in [5, 5.41) is 11.4. The molecule has 1 N–H and O–H groups in total. The number of anilines is 1. The highest BCUT2D eigenvalue weighted by atomic mass is 19.1. The lowest BCUT2D eigenvalue weighted by molar-refractivity contribution is -0.112. The lowest BCUT2D eigenvalue weighted by Gasteiger charge is -2.41. The first kappa shape index (κ1) is 44.3. The van der Waals surface area contributed by atoms with Gasteiger partial charge in [-0.3, -0.25) is 19.7 Å². The van der Waals surface area contributed by atoms with E-state index in [9.17, 15) is 23.5 Å². The molecule has 13 nitrogen and oxygen atoms in total. The van der Waals surface area contributed by atoms with Crippen LogP contribution in [0.25, 0.3) is 32.9 Å². The Morgan fingerprint density at radius 2 is 1.77 bits per heavy atom. The molecule has 2 bridgehead atoms. The van der Waals surface area contributed by atoms with Crippen molar-refractivity contribution in [1.82, 2.24) is 29.7 Å². The van der Waals surface area contributed by atoms with Gasteiger partial charge in [0.15, 0.2) is 5.82 Å². The van der Waals surface area contributed by atoms with E-state index >= 15 is 4.39 Å². The number of pyridine rings is 1. The second-order valence-corrected chi connectivity index (χ2v) is 16.2. The number of fused-ring (bicyclic) bond motifs is 5. The SMILES string of the molecule is C#Cc1c(F)ccc2cc(O)cc(-c3ncc4c(N5CC6CCC(C5)N6C(=O)OC(C)OC)nc(OC)nc4c3F)c12.CC(C)[C@@H](C=O)N(C)C.F[C@@H]1CC2CCCN2C1. The third kappa shape index (κ3) is 9.23. The number of hydrogen-bond acceptors (Lipinski definition) is 12. The number of hydrogen-bond donors (Lipinski definition) is 1. The number of amides is 1. The molecule has 4 saturated heterocycles. The number of nitrogens with zero attached hydrogens (tertiary/aromatic N) is 7. The van der Waals surface area contributed by atoms with Gasteiger partial charge in [-0.15, -0.1) is 6.42 Å². The molecule has 4 aliphatic heterocycles. The number of terminal acetylenes is 1. The van der Waals surface area contributed by atoms with Crippen LogP contribution in [0.1, 0.15) is 58.4 Å². The molecule has 0 radical (unpaired) electrons. The summed E-state index contributed by atoms with van der Waals surface area (Å²) in [4.78, 5) is 44.3. The van der Waals surface area contributed by atoms with E-state index in [-0.39, 0.29) is 57.6 Å². The highest BCUT2D eigenvalue weighted by Crippen LogP contribution is 2.40. The van der Waals surface area contributed by atoms with Crippen LogP contribution in [0.15, 0.2) is 30.5 Å². The molecule has 322 valence electrons. The number of aromatic hydroxyl groups is 1. The lowest BCUT2D eigenvalue weighted by atomic mass is 9.96. The zero-order valence-electron chi connectivity index (χ0n) is 35.2. The van der Waals surface area contributed by atoms with Crippen LogP contribution in [0, 0.1) is 29.9 Å². The molecule has 4 aromatic rings. The number of phenolic OH excluding ortho intramolecular Hbond substituents is 1. The zero-order valence-corrected chi connectivity index (χ0v) is 35.2. The minimum absolute atomic E-state index is 0.0622. The summed E-state index contributed by atoms with van der Waals surface area (Å²) in [6.07, 6.45) is 11.3. The van der Waals surface area contributed by atoms with Crippen molar-refractivity contribution in [1.29, 1.82) is 0 Å². The van der Waals surface area contributed by atoms with Crippen molar-refractivity contribution in [3.8, 4) is 35.4 Å². The number of ether oxygens (including phenoxy) is 3. The van der Waals surface area contributed by atoms with Crippen LogP contribution >= 0.6 is 0 Å². The third-order valence-electron chi connectivity index (χ3n) is 11.7. The van der Waals surface area contributed by atoms with Crippen molar-refractivity contribution in [2.75, 3.05) is 59.4 Å². The fourth-order valence-electron chi connectivity index (χ4n) is 8.82. The second-order valence-electron chi connectivity index (χ2n) is 16.2. The van der Waals surface area contributed by atoms with Crippen LogP contribution in [-0.2, 0) is 14.3 Å². The molecule has 0 saturated carbocycles. The van der Waals surface area contributed by atoms with E-state index in [0.717, 1.165) is 32.1 Å². The van der Waals surface area contributed by atoms with Gasteiger partial charge in [-0.1, -0.05) is 25.8 Å². The molecular weight excluding hydrogens is 780 g/mol. The molecule has 2 aromatic heterocycles. The van der Waals surface area contributed by atoms with E-state index in [2.05, 4.69) is 25.8 Å². The predicted molar refractivity (Wildman–Crippen MR) is 223 cm³/mol. The van der Waals surface area contributed by atoms with Crippen molar-refractivity contribution < 1.29 is 42.1 Å². The molecule has 1 amide bonds. The van der Waals surface area contributed by atoms with Crippen molar-refractivity contribution in [2.45, 2.75) is 89.5 Å². The Morgan fingerprint density at radius 1 is 1.05 bits per heavy atom. The van der Waals surface area contributed by atoms with E-state index in [1.54, 1.807) is 11.8 Å². The number of likely N-dealkylation sites (N-methyl/N-ethyl adjacent to an activating group) is 1. The predicted octanol–water partition coefficient (Wildman–Crippen LogP) is 6.56. The Bertz CT molecular complexity index is 2200. The first-order valence-corrected chi connectivity index (χ1v) is 20.3. The Hall–Kier alpha value is -5.24. The van der Waals surface area contributed by atoms with Crippen LogP contribution in [0.3, 0.4) is 0 Å². The quantitative estimate of drug-likeness (QED) is 0.117. The number of aromatic nitrogens is 3. The van der Waals surface area contributed by atoms with Gasteiger partial charge in [0.2, 0.25) is 6.29 Å². The monoisotopic (exact) mass is 833 g/mol. The van der Waals surface area contributed by atoms with E-state index in [0.29, 0.717) is 48.2 Å². The fourth-order valence-corrected chi connectivity index (χ4v) is 8.82. The van der Waals surface area contributed by atoms with E-state index < -0.39 is 30.2 Å². The minimum Gasteiger partial charge on any atom is -0.508 e. The highest BCUT2D eigenvalue weighted by molar-refractivity contribution is 6.03. The smallest absolute Gasteiger partial charge is 0.412 e. The van der Waals surface area contributed by atoms with Crippen molar-refractivity contribution in [2.24, 2.45) is 5.92 Å². The largest absolute Gasteiger partial charge is 0.508 e. The van der Waals surface area contributed by atoms with Crippen LogP contribution in [-0.4, -0.2) is 138 Å².